The van der Waals surface area contributed by atoms with Gasteiger partial charge >= 0.3 is 0 Å². The lowest BCUT2D eigenvalue weighted by Crippen LogP contribution is -2.41. The molecule has 2 heterocycles. The fourth-order valence-electron chi connectivity index (χ4n) is 3.55. The first-order valence-corrected chi connectivity index (χ1v) is 8.27. The molecule has 0 unspecified atom stereocenters. The second-order valence-corrected chi connectivity index (χ2v) is 6.26. The number of nitrogens with zero attached hydrogens (tertiary/aromatic N) is 6. The first-order valence-electron chi connectivity index (χ1n) is 8.27. The summed E-state index contributed by atoms with van der Waals surface area (Å²) in [6.45, 7) is 3.80. The Labute approximate surface area is 130 Å². The van der Waals surface area contributed by atoms with E-state index in [-0.39, 0.29) is 18.4 Å². The van der Waals surface area contributed by atoms with Crippen LogP contribution in [0.1, 0.15) is 38.5 Å². The Morgan fingerprint density at radius 2 is 1.91 bits per heavy atom. The van der Waals surface area contributed by atoms with E-state index in [1.807, 2.05) is 4.90 Å². The summed E-state index contributed by atoms with van der Waals surface area (Å²) in [5.74, 6) is 0.233. The van der Waals surface area contributed by atoms with E-state index in [1.165, 1.54) is 36.8 Å². The van der Waals surface area contributed by atoms with Gasteiger partial charge in [0.25, 0.3) is 0 Å². The monoisotopic (exact) mass is 307 g/mol. The fraction of sp³-hybridized carbons (Fsp3) is 0.857. The highest BCUT2D eigenvalue weighted by atomic mass is 16.2. The van der Waals surface area contributed by atoms with E-state index in [4.69, 9.17) is 5.73 Å². The molecule has 2 aliphatic rings. The molecule has 8 nitrogen and oxygen atoms in total. The molecule has 8 heteroatoms. The molecule has 1 saturated carbocycles. The van der Waals surface area contributed by atoms with Gasteiger partial charge in [-0.3, -0.25) is 9.69 Å². The van der Waals surface area contributed by atoms with Crippen LogP contribution in [-0.2, 0) is 11.3 Å². The molecule has 22 heavy (non-hydrogen) atoms. The third-order valence-corrected chi connectivity index (χ3v) is 4.82. The predicted octanol–water partition coefficient (Wildman–Crippen LogP) is 0.122. The van der Waals surface area contributed by atoms with Crippen LogP contribution >= 0.6 is 0 Å². The number of amides is 1. The molecule has 0 bridgehead atoms. The number of carbonyl (C=O) groups excluding carboxylic acids is 1. The summed E-state index contributed by atoms with van der Waals surface area (Å²) in [5, 5.41) is 10.8. The van der Waals surface area contributed by atoms with Gasteiger partial charge in [0.15, 0.2) is 0 Å². The number of rotatable bonds is 3. The number of hydrogen-bond donors (Lipinski definition) is 1. The minimum absolute atomic E-state index is 0.0458. The Bertz CT molecular complexity index is 497. The zero-order chi connectivity index (χ0) is 15.4. The maximum Gasteiger partial charge on any atom is 0.244 e. The molecule has 1 amide bonds. The lowest BCUT2D eigenvalue weighted by atomic mass is 9.94. The summed E-state index contributed by atoms with van der Waals surface area (Å²) in [6, 6.07) is 0.721. The largest absolute Gasteiger partial charge is 0.367 e. The average Bonchev–Trinajstić information content (AvgIpc) is 2.80. The van der Waals surface area contributed by atoms with Crippen molar-refractivity contribution in [2.24, 2.45) is 0 Å². The van der Waals surface area contributed by atoms with Crippen LogP contribution in [0.2, 0.25) is 0 Å². The summed E-state index contributed by atoms with van der Waals surface area (Å²) in [4.78, 5) is 16.9. The Hall–Kier alpha value is -1.70. The molecule has 0 spiro atoms. The molecular formula is C14H25N7O. The van der Waals surface area contributed by atoms with Crippen molar-refractivity contribution >= 4 is 11.9 Å². The van der Waals surface area contributed by atoms with Crippen molar-refractivity contribution < 1.29 is 4.79 Å². The van der Waals surface area contributed by atoms with Gasteiger partial charge in [0.05, 0.1) is 0 Å². The van der Waals surface area contributed by atoms with E-state index in [0.29, 0.717) is 0 Å². The van der Waals surface area contributed by atoms with Crippen LogP contribution in [0.5, 0.6) is 0 Å². The fourth-order valence-corrected chi connectivity index (χ4v) is 3.55. The van der Waals surface area contributed by atoms with Crippen molar-refractivity contribution in [2.45, 2.75) is 51.1 Å². The van der Waals surface area contributed by atoms with E-state index in [2.05, 4.69) is 20.4 Å². The Balaban J connectivity index is 1.53. The van der Waals surface area contributed by atoms with Crippen LogP contribution in [0, 0.1) is 0 Å². The standard InChI is InChI=1S/C14H25N7O/c15-14-16-17-18-21(14)11-13(22)20-8-4-7-19(9-10-20)12-5-2-1-3-6-12/h12H,1-11H2,(H2,15,16,18). The smallest absolute Gasteiger partial charge is 0.244 e. The Kier molecular flexibility index (Phi) is 4.87. The highest BCUT2D eigenvalue weighted by Gasteiger charge is 2.25. The molecule has 0 radical (unpaired) electrons. The number of aromatic nitrogens is 4. The van der Waals surface area contributed by atoms with Crippen LogP contribution < -0.4 is 5.73 Å². The Morgan fingerprint density at radius 3 is 2.64 bits per heavy atom. The lowest BCUT2D eigenvalue weighted by Gasteiger charge is -2.33. The number of tetrazole rings is 1. The maximum absolute atomic E-state index is 12.4. The minimum atomic E-state index is 0.0458. The molecule has 1 aromatic rings. The van der Waals surface area contributed by atoms with Crippen molar-refractivity contribution in [3.8, 4) is 0 Å². The van der Waals surface area contributed by atoms with Gasteiger partial charge in [-0.05, 0) is 29.7 Å². The third kappa shape index (κ3) is 3.55. The van der Waals surface area contributed by atoms with Crippen molar-refractivity contribution in [2.75, 3.05) is 31.9 Å². The van der Waals surface area contributed by atoms with E-state index in [1.54, 1.807) is 0 Å². The van der Waals surface area contributed by atoms with Gasteiger partial charge in [-0.15, -0.1) is 0 Å². The average molecular weight is 307 g/mol. The second-order valence-electron chi connectivity index (χ2n) is 6.26. The summed E-state index contributed by atoms with van der Waals surface area (Å²) >= 11 is 0. The maximum atomic E-state index is 12.4. The molecule has 122 valence electrons. The van der Waals surface area contributed by atoms with Crippen LogP contribution in [0.15, 0.2) is 0 Å². The van der Waals surface area contributed by atoms with Crippen molar-refractivity contribution in [1.29, 1.82) is 0 Å². The highest BCUT2D eigenvalue weighted by molar-refractivity contribution is 5.76. The van der Waals surface area contributed by atoms with Gasteiger partial charge in [-0.2, -0.15) is 0 Å². The van der Waals surface area contributed by atoms with Gasteiger partial charge in [-0.1, -0.05) is 24.4 Å². The molecule has 0 aromatic carbocycles. The second kappa shape index (κ2) is 7.04. The topological polar surface area (TPSA) is 93.2 Å². The van der Waals surface area contributed by atoms with Crippen LogP contribution in [-0.4, -0.2) is 68.1 Å². The van der Waals surface area contributed by atoms with E-state index in [0.717, 1.165) is 38.6 Å². The SMILES string of the molecule is Nc1nnnn1CC(=O)N1CCCN(C2CCCCC2)CC1. The number of carbonyl (C=O) groups is 1. The number of nitrogen functional groups attached to an aromatic ring is 1. The summed E-state index contributed by atoms with van der Waals surface area (Å²) in [5.41, 5.74) is 5.62. The van der Waals surface area contributed by atoms with Crippen molar-refractivity contribution in [3.63, 3.8) is 0 Å². The lowest BCUT2D eigenvalue weighted by molar-refractivity contribution is -0.131. The minimum Gasteiger partial charge on any atom is -0.367 e. The van der Waals surface area contributed by atoms with E-state index >= 15 is 0 Å². The summed E-state index contributed by atoms with van der Waals surface area (Å²) < 4.78 is 1.35. The van der Waals surface area contributed by atoms with Gasteiger partial charge in [0, 0.05) is 32.2 Å². The molecule has 1 aliphatic heterocycles. The molecule has 1 aromatic heterocycles. The van der Waals surface area contributed by atoms with Crippen LogP contribution in [0.25, 0.3) is 0 Å². The van der Waals surface area contributed by atoms with Crippen molar-refractivity contribution in [3.05, 3.63) is 0 Å². The normalized spacial score (nSPS) is 21.7. The zero-order valence-electron chi connectivity index (χ0n) is 13.0. The molecule has 3 rings (SSSR count). The van der Waals surface area contributed by atoms with Crippen LogP contribution in [0.3, 0.4) is 0 Å². The molecule has 1 saturated heterocycles. The zero-order valence-corrected chi connectivity index (χ0v) is 13.0. The first kappa shape index (κ1) is 15.2. The van der Waals surface area contributed by atoms with Crippen LogP contribution in [0.4, 0.5) is 5.95 Å². The quantitative estimate of drug-likeness (QED) is 0.852. The van der Waals surface area contributed by atoms with Crippen molar-refractivity contribution in [1.82, 2.24) is 30.0 Å². The van der Waals surface area contributed by atoms with Gasteiger partial charge in [0.1, 0.15) is 6.54 Å². The number of hydrogen-bond acceptors (Lipinski definition) is 6. The predicted molar refractivity (Wildman–Crippen MR) is 81.9 cm³/mol. The third-order valence-electron chi connectivity index (χ3n) is 4.82. The molecule has 2 fully saturated rings. The molecule has 0 atom stereocenters. The molecular weight excluding hydrogens is 282 g/mol. The van der Waals surface area contributed by atoms with E-state index in [9.17, 15) is 4.79 Å². The number of nitrogens with two attached hydrogens (primary N) is 1. The van der Waals surface area contributed by atoms with Gasteiger partial charge in [0.2, 0.25) is 11.9 Å². The van der Waals surface area contributed by atoms with E-state index < -0.39 is 0 Å². The summed E-state index contributed by atoms with van der Waals surface area (Å²) in [7, 11) is 0. The first-order chi connectivity index (χ1) is 10.7. The van der Waals surface area contributed by atoms with Gasteiger partial charge in [-0.25, -0.2) is 4.68 Å². The molecule has 1 aliphatic carbocycles. The van der Waals surface area contributed by atoms with Gasteiger partial charge < -0.3 is 10.6 Å². The number of anilines is 1. The molecule has 2 N–H and O–H groups in total. The highest BCUT2D eigenvalue weighted by Crippen LogP contribution is 2.23. The Morgan fingerprint density at radius 1 is 1.09 bits per heavy atom. The summed E-state index contributed by atoms with van der Waals surface area (Å²) in [6.07, 6.45) is 7.74.